The molecule has 0 unspecified atom stereocenters. The van der Waals surface area contributed by atoms with E-state index in [9.17, 15) is 0 Å². The molecule has 6 nitrogen and oxygen atoms in total. The fraction of sp³-hybridized carbons (Fsp3) is 0.250. The van der Waals surface area contributed by atoms with Gasteiger partial charge in [-0.1, -0.05) is 18.2 Å². The maximum atomic E-state index is 4.72. The van der Waals surface area contributed by atoms with Gasteiger partial charge in [0.05, 0.1) is 11.2 Å². The van der Waals surface area contributed by atoms with E-state index in [1.54, 1.807) is 4.68 Å². The Morgan fingerprint density at radius 2 is 1.91 bits per heavy atom. The highest BCUT2D eigenvalue weighted by Crippen LogP contribution is 2.26. The number of fused-ring (bicyclic) bond motifs is 3. The molecule has 3 heterocycles. The maximum Gasteiger partial charge on any atom is 0.272 e. The van der Waals surface area contributed by atoms with Crippen molar-refractivity contribution < 1.29 is 0 Å². The summed E-state index contributed by atoms with van der Waals surface area (Å²) in [5.41, 5.74) is 4.76. The van der Waals surface area contributed by atoms with Gasteiger partial charge in [-0.2, -0.15) is 10.1 Å². The van der Waals surface area contributed by atoms with Crippen molar-refractivity contribution >= 4 is 22.1 Å². The second-order valence-electron chi connectivity index (χ2n) is 5.38. The summed E-state index contributed by atoms with van der Waals surface area (Å²) >= 11 is 0. The van der Waals surface area contributed by atoms with Crippen molar-refractivity contribution in [2.45, 2.75) is 27.3 Å². The van der Waals surface area contributed by atoms with Gasteiger partial charge in [0, 0.05) is 17.6 Å². The van der Waals surface area contributed by atoms with E-state index in [4.69, 9.17) is 4.98 Å². The first kappa shape index (κ1) is 12.9. The normalized spacial score (nSPS) is 11.6. The van der Waals surface area contributed by atoms with E-state index in [0.717, 1.165) is 40.0 Å². The van der Waals surface area contributed by atoms with Crippen LogP contribution >= 0.6 is 0 Å². The molecule has 6 heteroatoms. The van der Waals surface area contributed by atoms with E-state index in [-0.39, 0.29) is 0 Å². The second kappa shape index (κ2) is 4.62. The van der Waals surface area contributed by atoms with Crippen molar-refractivity contribution in [1.29, 1.82) is 0 Å². The van der Waals surface area contributed by atoms with E-state index in [2.05, 4.69) is 38.9 Å². The van der Waals surface area contributed by atoms with E-state index in [1.165, 1.54) is 0 Å². The molecule has 0 N–H and O–H groups in total. The summed E-state index contributed by atoms with van der Waals surface area (Å²) in [5, 5.41) is 14.2. The van der Waals surface area contributed by atoms with Crippen molar-refractivity contribution in [1.82, 2.24) is 29.5 Å². The second-order valence-corrected chi connectivity index (χ2v) is 5.38. The molecule has 0 radical (unpaired) electrons. The topological polar surface area (TPSA) is 61.4 Å². The van der Waals surface area contributed by atoms with Crippen LogP contribution in [0.15, 0.2) is 30.3 Å². The molecule has 4 rings (SSSR count). The monoisotopic (exact) mass is 292 g/mol. The Kier molecular flexibility index (Phi) is 2.72. The Labute approximate surface area is 127 Å². The molecule has 22 heavy (non-hydrogen) atoms. The highest BCUT2D eigenvalue weighted by atomic mass is 15.4. The minimum atomic E-state index is 0.510. The molecule has 0 aliphatic rings. The first-order chi connectivity index (χ1) is 10.7. The zero-order chi connectivity index (χ0) is 15.3. The smallest absolute Gasteiger partial charge is 0.272 e. The number of aryl methyl sites for hydroxylation is 3. The molecule has 1 aromatic carbocycles. The SMILES string of the molecule is CCn1c2ccccc2c2nnc(-n3nc(C)cc3C)nc21. The predicted octanol–water partition coefficient (Wildman–Crippen LogP) is 2.80. The number of rotatable bonds is 2. The van der Waals surface area contributed by atoms with Crippen LogP contribution in [0.5, 0.6) is 0 Å². The Morgan fingerprint density at radius 3 is 2.64 bits per heavy atom. The predicted molar refractivity (Wildman–Crippen MR) is 85.1 cm³/mol. The standard InChI is InChI=1S/C16H16N6/c1-4-21-13-8-6-5-7-12(13)14-15(21)17-16(19-18-14)22-11(3)9-10(2)20-22/h5-9H,4H2,1-3H3. The molecule has 3 aromatic heterocycles. The fourth-order valence-corrected chi connectivity index (χ4v) is 2.94. The summed E-state index contributed by atoms with van der Waals surface area (Å²) in [5.74, 6) is 0.510. The summed E-state index contributed by atoms with van der Waals surface area (Å²) in [6, 6.07) is 10.2. The first-order valence-corrected chi connectivity index (χ1v) is 7.34. The molecule has 110 valence electrons. The van der Waals surface area contributed by atoms with Gasteiger partial charge in [0.2, 0.25) is 0 Å². The molecule has 0 aliphatic heterocycles. The third-order valence-corrected chi connectivity index (χ3v) is 3.88. The van der Waals surface area contributed by atoms with Gasteiger partial charge in [0.25, 0.3) is 5.95 Å². The average molecular weight is 292 g/mol. The maximum absolute atomic E-state index is 4.72. The van der Waals surface area contributed by atoms with Gasteiger partial charge in [0.15, 0.2) is 5.65 Å². The molecule has 0 aliphatic carbocycles. The zero-order valence-electron chi connectivity index (χ0n) is 12.8. The van der Waals surface area contributed by atoms with Crippen molar-refractivity contribution in [3.63, 3.8) is 0 Å². The lowest BCUT2D eigenvalue weighted by atomic mass is 10.2. The lowest BCUT2D eigenvalue weighted by molar-refractivity contribution is 0.744. The van der Waals surface area contributed by atoms with Gasteiger partial charge >= 0.3 is 0 Å². The minimum Gasteiger partial charge on any atom is -0.324 e. The van der Waals surface area contributed by atoms with Crippen LogP contribution in [-0.4, -0.2) is 29.5 Å². The van der Waals surface area contributed by atoms with Gasteiger partial charge in [-0.15, -0.1) is 10.2 Å². The molecule has 4 aromatic rings. The Morgan fingerprint density at radius 1 is 1.09 bits per heavy atom. The molecule has 0 bridgehead atoms. The Hall–Kier alpha value is -2.76. The van der Waals surface area contributed by atoms with E-state index in [1.807, 2.05) is 32.0 Å². The number of hydrogen-bond donors (Lipinski definition) is 0. The molecule has 0 saturated carbocycles. The largest absolute Gasteiger partial charge is 0.324 e. The molecular formula is C16H16N6. The average Bonchev–Trinajstić information content (AvgIpc) is 3.03. The van der Waals surface area contributed by atoms with Crippen LogP contribution in [0.4, 0.5) is 0 Å². The minimum absolute atomic E-state index is 0.510. The fourth-order valence-electron chi connectivity index (χ4n) is 2.94. The van der Waals surface area contributed by atoms with Crippen molar-refractivity contribution in [2.24, 2.45) is 0 Å². The summed E-state index contributed by atoms with van der Waals surface area (Å²) in [7, 11) is 0. The molecule has 0 fully saturated rings. The van der Waals surface area contributed by atoms with Gasteiger partial charge in [0.1, 0.15) is 5.52 Å². The molecule has 0 atom stereocenters. The lowest BCUT2D eigenvalue weighted by Gasteiger charge is -2.04. The molecule has 0 amide bonds. The number of aromatic nitrogens is 6. The molecule has 0 spiro atoms. The van der Waals surface area contributed by atoms with Crippen LogP contribution in [-0.2, 0) is 6.54 Å². The van der Waals surface area contributed by atoms with Crippen molar-refractivity contribution in [3.8, 4) is 5.95 Å². The van der Waals surface area contributed by atoms with Crippen LogP contribution in [0.1, 0.15) is 18.3 Å². The quantitative estimate of drug-likeness (QED) is 0.570. The Balaban J connectivity index is 2.05. The lowest BCUT2D eigenvalue weighted by Crippen LogP contribution is -2.07. The third kappa shape index (κ3) is 1.73. The van der Waals surface area contributed by atoms with Crippen LogP contribution in [0.3, 0.4) is 0 Å². The first-order valence-electron chi connectivity index (χ1n) is 7.34. The van der Waals surface area contributed by atoms with E-state index in [0.29, 0.717) is 5.95 Å². The van der Waals surface area contributed by atoms with Gasteiger partial charge < -0.3 is 4.57 Å². The van der Waals surface area contributed by atoms with Crippen LogP contribution < -0.4 is 0 Å². The van der Waals surface area contributed by atoms with Gasteiger partial charge in [-0.3, -0.25) is 0 Å². The highest BCUT2D eigenvalue weighted by molar-refractivity contribution is 6.04. The van der Waals surface area contributed by atoms with Gasteiger partial charge in [-0.05, 0) is 32.9 Å². The molecular weight excluding hydrogens is 276 g/mol. The zero-order valence-corrected chi connectivity index (χ0v) is 12.8. The van der Waals surface area contributed by atoms with E-state index >= 15 is 0 Å². The van der Waals surface area contributed by atoms with Gasteiger partial charge in [-0.25, -0.2) is 4.68 Å². The summed E-state index contributed by atoms with van der Waals surface area (Å²) in [6.45, 7) is 6.89. The Bertz CT molecular complexity index is 995. The van der Waals surface area contributed by atoms with Crippen LogP contribution in [0.25, 0.3) is 28.0 Å². The summed E-state index contributed by atoms with van der Waals surface area (Å²) in [6.07, 6.45) is 0. The van der Waals surface area contributed by atoms with Crippen molar-refractivity contribution in [2.75, 3.05) is 0 Å². The van der Waals surface area contributed by atoms with E-state index < -0.39 is 0 Å². The number of para-hydroxylation sites is 1. The van der Waals surface area contributed by atoms with Crippen LogP contribution in [0.2, 0.25) is 0 Å². The number of nitrogens with zero attached hydrogens (tertiary/aromatic N) is 6. The third-order valence-electron chi connectivity index (χ3n) is 3.88. The summed E-state index contributed by atoms with van der Waals surface area (Å²) in [4.78, 5) is 4.72. The molecule has 0 saturated heterocycles. The number of hydrogen-bond acceptors (Lipinski definition) is 4. The summed E-state index contributed by atoms with van der Waals surface area (Å²) < 4.78 is 3.90. The highest BCUT2D eigenvalue weighted by Gasteiger charge is 2.15. The van der Waals surface area contributed by atoms with Crippen LogP contribution in [0, 0.1) is 13.8 Å². The van der Waals surface area contributed by atoms with Crippen molar-refractivity contribution in [3.05, 3.63) is 41.7 Å². The number of benzene rings is 1.